The Morgan fingerprint density at radius 3 is 2.52 bits per heavy atom. The molecule has 1 aliphatic heterocycles. The van der Waals surface area contributed by atoms with Gasteiger partial charge in [0.2, 0.25) is 5.91 Å². The molecule has 1 unspecified atom stereocenters. The Labute approximate surface area is 172 Å². The lowest BCUT2D eigenvalue weighted by Crippen LogP contribution is -2.25. The lowest BCUT2D eigenvalue weighted by Gasteiger charge is -2.10. The fraction of sp³-hybridized carbons (Fsp3) is 0.227. The van der Waals surface area contributed by atoms with E-state index in [4.69, 9.17) is 4.74 Å². The van der Waals surface area contributed by atoms with E-state index in [1.54, 1.807) is 12.1 Å². The number of thioether (sulfide) groups is 1. The highest BCUT2D eigenvalue weighted by molar-refractivity contribution is 8.15. The monoisotopic (exact) mass is 408 g/mol. The van der Waals surface area contributed by atoms with Crippen molar-refractivity contribution >= 4 is 39.8 Å². The Bertz CT molecular complexity index is 1120. The Balaban J connectivity index is 1.68. The number of benzene rings is 2. The van der Waals surface area contributed by atoms with Gasteiger partial charge in [0.1, 0.15) is 0 Å². The number of hydrogen-bond acceptors (Lipinski definition) is 5. The maximum atomic E-state index is 12.0. The number of carbonyl (C=O) groups is 3. The highest BCUT2D eigenvalue weighted by Crippen LogP contribution is 2.31. The first-order valence-electron chi connectivity index (χ1n) is 9.23. The smallest absolute Gasteiger partial charge is 0.337 e. The summed E-state index contributed by atoms with van der Waals surface area (Å²) in [4.78, 5) is 35.2. The SMILES string of the molecule is COC(=O)c1ccc(Cn2c(C)c(CC3SC(=O)NC3=O)c3ccccc32)cc1. The molecule has 1 fully saturated rings. The number of para-hydroxylation sites is 1. The molecule has 7 heteroatoms. The maximum Gasteiger partial charge on any atom is 0.337 e. The number of esters is 1. The quantitative estimate of drug-likeness (QED) is 0.652. The van der Waals surface area contributed by atoms with Crippen LogP contribution in [0, 0.1) is 6.92 Å². The van der Waals surface area contributed by atoms with E-state index in [0.717, 1.165) is 39.5 Å². The van der Waals surface area contributed by atoms with Crippen LogP contribution in [0.1, 0.15) is 27.2 Å². The molecule has 148 valence electrons. The van der Waals surface area contributed by atoms with Crippen molar-refractivity contribution in [3.63, 3.8) is 0 Å². The third kappa shape index (κ3) is 3.65. The molecule has 0 aliphatic carbocycles. The Kier molecular flexibility index (Phi) is 5.15. The number of methoxy groups -OCH3 is 1. The van der Waals surface area contributed by atoms with Gasteiger partial charge < -0.3 is 9.30 Å². The van der Waals surface area contributed by atoms with Crippen LogP contribution >= 0.6 is 11.8 Å². The average molecular weight is 408 g/mol. The molecule has 29 heavy (non-hydrogen) atoms. The third-order valence-corrected chi connectivity index (χ3v) is 6.22. The molecule has 2 heterocycles. The molecule has 0 radical (unpaired) electrons. The summed E-state index contributed by atoms with van der Waals surface area (Å²) in [6.07, 6.45) is 0.503. The van der Waals surface area contributed by atoms with Gasteiger partial charge in [-0.05, 0) is 42.7 Å². The number of carbonyl (C=O) groups excluding carboxylic acids is 3. The van der Waals surface area contributed by atoms with Gasteiger partial charge in [0.05, 0.1) is 17.9 Å². The third-order valence-electron chi connectivity index (χ3n) is 5.23. The molecule has 1 aliphatic rings. The number of ether oxygens (including phenoxy) is 1. The molecule has 4 rings (SSSR count). The summed E-state index contributed by atoms with van der Waals surface area (Å²) < 4.78 is 6.96. The number of hydrogen-bond donors (Lipinski definition) is 1. The van der Waals surface area contributed by atoms with Crippen molar-refractivity contribution in [1.82, 2.24) is 9.88 Å². The number of nitrogens with one attached hydrogen (secondary N) is 1. The van der Waals surface area contributed by atoms with Crippen LogP contribution in [0.25, 0.3) is 10.9 Å². The number of aromatic nitrogens is 1. The Morgan fingerprint density at radius 2 is 1.86 bits per heavy atom. The van der Waals surface area contributed by atoms with Gasteiger partial charge in [0, 0.05) is 23.1 Å². The summed E-state index contributed by atoms with van der Waals surface area (Å²) in [5.41, 5.74) is 4.79. The van der Waals surface area contributed by atoms with Gasteiger partial charge in [-0.15, -0.1) is 0 Å². The molecule has 0 bridgehead atoms. The van der Waals surface area contributed by atoms with Crippen molar-refractivity contribution in [2.24, 2.45) is 0 Å². The van der Waals surface area contributed by atoms with Gasteiger partial charge in [0.15, 0.2) is 0 Å². The molecule has 0 saturated carbocycles. The van der Waals surface area contributed by atoms with E-state index < -0.39 is 5.25 Å². The van der Waals surface area contributed by atoms with Crippen LogP contribution in [0.3, 0.4) is 0 Å². The fourth-order valence-corrected chi connectivity index (χ4v) is 4.56. The van der Waals surface area contributed by atoms with E-state index in [-0.39, 0.29) is 17.1 Å². The molecule has 2 amide bonds. The average Bonchev–Trinajstić information content (AvgIpc) is 3.19. The van der Waals surface area contributed by atoms with E-state index in [9.17, 15) is 14.4 Å². The van der Waals surface area contributed by atoms with E-state index >= 15 is 0 Å². The lowest BCUT2D eigenvalue weighted by molar-refractivity contribution is -0.118. The number of fused-ring (bicyclic) bond motifs is 1. The zero-order valence-corrected chi connectivity index (χ0v) is 16.9. The van der Waals surface area contributed by atoms with Gasteiger partial charge in [0.25, 0.3) is 5.24 Å². The first kappa shape index (κ1) is 19.3. The summed E-state index contributed by atoms with van der Waals surface area (Å²) in [7, 11) is 1.36. The van der Waals surface area contributed by atoms with Crippen LogP contribution in [0.2, 0.25) is 0 Å². The minimum absolute atomic E-state index is 0.227. The lowest BCUT2D eigenvalue weighted by atomic mass is 10.1. The molecule has 3 aromatic rings. The first-order chi connectivity index (χ1) is 14.0. The van der Waals surface area contributed by atoms with E-state index in [2.05, 4.69) is 16.0 Å². The van der Waals surface area contributed by atoms with Crippen LogP contribution in [0.4, 0.5) is 4.79 Å². The van der Waals surface area contributed by atoms with Crippen molar-refractivity contribution in [3.05, 3.63) is 70.9 Å². The largest absolute Gasteiger partial charge is 0.465 e. The Hall–Kier alpha value is -3.06. The fourth-order valence-electron chi connectivity index (χ4n) is 3.72. The van der Waals surface area contributed by atoms with E-state index in [0.29, 0.717) is 18.5 Å². The van der Waals surface area contributed by atoms with Crippen LogP contribution in [0.5, 0.6) is 0 Å². The molecular weight excluding hydrogens is 388 g/mol. The zero-order chi connectivity index (χ0) is 20.5. The molecule has 1 N–H and O–H groups in total. The normalized spacial score (nSPS) is 16.3. The van der Waals surface area contributed by atoms with Crippen LogP contribution in [-0.2, 0) is 22.5 Å². The van der Waals surface area contributed by atoms with Crippen molar-refractivity contribution in [1.29, 1.82) is 0 Å². The van der Waals surface area contributed by atoms with Crippen molar-refractivity contribution in [2.75, 3.05) is 7.11 Å². The molecule has 1 atom stereocenters. The van der Waals surface area contributed by atoms with Crippen molar-refractivity contribution in [3.8, 4) is 0 Å². The van der Waals surface area contributed by atoms with Crippen molar-refractivity contribution in [2.45, 2.75) is 25.1 Å². The number of imide groups is 1. The standard InChI is InChI=1S/C22H20N2O4S/c1-13-17(11-19-20(25)23-22(27)29-19)16-5-3-4-6-18(16)24(13)12-14-7-9-15(10-8-14)21(26)28-2/h3-10,19H,11-12H2,1-2H3,(H,23,25,27). The van der Waals surface area contributed by atoms with Gasteiger partial charge in [-0.3, -0.25) is 14.9 Å². The molecule has 2 aromatic carbocycles. The Morgan fingerprint density at radius 1 is 1.14 bits per heavy atom. The van der Waals surface area contributed by atoms with Gasteiger partial charge >= 0.3 is 5.97 Å². The van der Waals surface area contributed by atoms with Crippen LogP contribution in [0.15, 0.2) is 48.5 Å². The summed E-state index contributed by atoms with van der Waals surface area (Å²) in [6, 6.07) is 15.4. The highest BCUT2D eigenvalue weighted by atomic mass is 32.2. The second-order valence-corrected chi connectivity index (χ2v) is 8.12. The minimum atomic E-state index is -0.403. The maximum absolute atomic E-state index is 12.0. The van der Waals surface area contributed by atoms with Crippen LogP contribution < -0.4 is 5.32 Å². The van der Waals surface area contributed by atoms with E-state index in [1.165, 1.54) is 7.11 Å². The predicted molar refractivity (Wildman–Crippen MR) is 112 cm³/mol. The van der Waals surface area contributed by atoms with Gasteiger partial charge in [-0.2, -0.15) is 0 Å². The molecular formula is C22H20N2O4S. The predicted octanol–water partition coefficient (Wildman–Crippen LogP) is 3.68. The summed E-state index contributed by atoms with van der Waals surface area (Å²) >= 11 is 1.05. The summed E-state index contributed by atoms with van der Waals surface area (Å²) in [5.74, 6) is -0.585. The minimum Gasteiger partial charge on any atom is -0.465 e. The second-order valence-electron chi connectivity index (χ2n) is 6.94. The number of amides is 2. The number of nitrogens with zero attached hydrogens (tertiary/aromatic N) is 1. The van der Waals surface area contributed by atoms with Crippen LogP contribution in [-0.4, -0.2) is 34.0 Å². The molecule has 1 aromatic heterocycles. The first-order valence-corrected chi connectivity index (χ1v) is 10.1. The van der Waals surface area contributed by atoms with Gasteiger partial charge in [-0.25, -0.2) is 4.79 Å². The number of rotatable bonds is 5. The summed E-state index contributed by atoms with van der Waals surface area (Å²) in [5, 5.41) is 2.76. The molecule has 1 saturated heterocycles. The van der Waals surface area contributed by atoms with Gasteiger partial charge in [-0.1, -0.05) is 42.1 Å². The second kappa shape index (κ2) is 7.75. The zero-order valence-electron chi connectivity index (χ0n) is 16.1. The molecule has 0 spiro atoms. The highest BCUT2D eigenvalue weighted by Gasteiger charge is 2.33. The van der Waals surface area contributed by atoms with E-state index in [1.807, 2.05) is 37.3 Å². The topological polar surface area (TPSA) is 77.4 Å². The molecule has 6 nitrogen and oxygen atoms in total. The van der Waals surface area contributed by atoms with Crippen molar-refractivity contribution < 1.29 is 19.1 Å². The summed E-state index contributed by atoms with van der Waals surface area (Å²) in [6.45, 7) is 2.67.